The second kappa shape index (κ2) is 7.74. The quantitative estimate of drug-likeness (QED) is 0.574. The van der Waals surface area contributed by atoms with Crippen LogP contribution in [0.4, 0.5) is 0 Å². The number of hydrogen-bond donors (Lipinski definition) is 0. The summed E-state index contributed by atoms with van der Waals surface area (Å²) in [5, 5.41) is 0. The average Bonchev–Trinajstić information content (AvgIpc) is 3.31. The van der Waals surface area contributed by atoms with Gasteiger partial charge in [-0.25, -0.2) is 0 Å². The molecule has 6 atom stereocenters. The third-order valence-corrected chi connectivity index (χ3v) is 9.97. The van der Waals surface area contributed by atoms with E-state index in [9.17, 15) is 4.79 Å². The van der Waals surface area contributed by atoms with E-state index in [1.165, 1.54) is 49.7 Å². The maximum Gasteiger partial charge on any atom is 0.222 e. The van der Waals surface area contributed by atoms with Gasteiger partial charge in [0.15, 0.2) is 0 Å². The van der Waals surface area contributed by atoms with Crippen molar-refractivity contribution < 1.29 is 4.79 Å². The molecule has 0 bridgehead atoms. The number of hydrogen-bond acceptors (Lipinski definition) is 2. The minimum absolute atomic E-state index is 0.286. The monoisotopic (exact) mass is 420 g/mol. The van der Waals surface area contributed by atoms with Crippen molar-refractivity contribution in [2.45, 2.75) is 91.5 Å². The fourth-order valence-electron chi connectivity index (χ4n) is 8.32. The number of carbonyl (C=O) groups excluding carboxylic acids is 1. The summed E-state index contributed by atoms with van der Waals surface area (Å²) in [6.07, 6.45) is 17.0. The maximum absolute atomic E-state index is 12.8. The molecule has 3 heteroatoms. The molecule has 31 heavy (non-hydrogen) atoms. The van der Waals surface area contributed by atoms with E-state index in [1.807, 2.05) is 6.20 Å². The molecule has 3 fully saturated rings. The van der Waals surface area contributed by atoms with Gasteiger partial charge in [-0.05, 0) is 103 Å². The molecular formula is C28H40N2O. The van der Waals surface area contributed by atoms with Gasteiger partial charge in [-0.15, -0.1) is 0 Å². The van der Waals surface area contributed by atoms with E-state index in [0.29, 0.717) is 17.4 Å². The molecule has 3 nitrogen and oxygen atoms in total. The predicted octanol–water partition coefficient (Wildman–Crippen LogP) is 6.28. The molecule has 168 valence electrons. The van der Waals surface area contributed by atoms with Gasteiger partial charge in [0.2, 0.25) is 5.91 Å². The standard InChI is InChI=1S/C28H40N2O/c1-5-7-26(31)30-15-14-28(4)24-12-13-27(3)22(20-16-19(6-2)17-29-18-20)9-10-23(27)21(24)8-11-25(28)30/h9,16-18,21,23-25H,5-8,10-15H2,1-4H3/t21?,23-,24?,25?,27?,28?/m0/s1. The molecule has 2 saturated carbocycles. The largest absolute Gasteiger partial charge is 0.339 e. The van der Waals surface area contributed by atoms with Gasteiger partial charge in [0.1, 0.15) is 0 Å². The Hall–Kier alpha value is -1.64. The summed E-state index contributed by atoms with van der Waals surface area (Å²) < 4.78 is 0. The fraction of sp³-hybridized carbons (Fsp3) is 0.714. The number of fused-ring (bicyclic) bond motifs is 5. The molecule has 1 aromatic heterocycles. The predicted molar refractivity (Wildman–Crippen MR) is 126 cm³/mol. The lowest BCUT2D eigenvalue weighted by Gasteiger charge is -2.57. The summed E-state index contributed by atoms with van der Waals surface area (Å²) in [5.41, 5.74) is 4.88. The van der Waals surface area contributed by atoms with Crippen molar-refractivity contribution in [1.29, 1.82) is 0 Å². The number of aryl methyl sites for hydroxylation is 1. The second-order valence-electron chi connectivity index (χ2n) is 11.3. The molecule has 1 saturated heterocycles. The highest BCUT2D eigenvalue weighted by atomic mass is 16.2. The van der Waals surface area contributed by atoms with E-state index in [0.717, 1.165) is 43.6 Å². The Morgan fingerprint density at radius 2 is 1.97 bits per heavy atom. The van der Waals surface area contributed by atoms with E-state index < -0.39 is 0 Å². The van der Waals surface area contributed by atoms with Crippen LogP contribution in [-0.4, -0.2) is 28.4 Å². The highest BCUT2D eigenvalue weighted by molar-refractivity contribution is 5.77. The van der Waals surface area contributed by atoms with Gasteiger partial charge in [0, 0.05) is 31.4 Å². The van der Waals surface area contributed by atoms with Gasteiger partial charge in [-0.1, -0.05) is 33.8 Å². The van der Waals surface area contributed by atoms with E-state index in [-0.39, 0.29) is 5.41 Å². The Morgan fingerprint density at radius 1 is 1.13 bits per heavy atom. The fourth-order valence-corrected chi connectivity index (χ4v) is 8.32. The number of pyridine rings is 1. The van der Waals surface area contributed by atoms with Crippen LogP contribution < -0.4 is 0 Å². The third kappa shape index (κ3) is 3.13. The summed E-state index contributed by atoms with van der Waals surface area (Å²) in [6, 6.07) is 2.86. The van der Waals surface area contributed by atoms with Gasteiger partial charge in [0.05, 0.1) is 0 Å². The Bertz CT molecular complexity index is 891. The Balaban J connectivity index is 1.39. The van der Waals surface area contributed by atoms with Crippen LogP contribution in [0.5, 0.6) is 0 Å². The lowest BCUT2D eigenvalue weighted by atomic mass is 9.48. The lowest BCUT2D eigenvalue weighted by molar-refractivity contribution is -0.136. The van der Waals surface area contributed by atoms with Crippen LogP contribution in [0.2, 0.25) is 0 Å². The maximum atomic E-state index is 12.8. The molecule has 4 aliphatic rings. The number of likely N-dealkylation sites (tertiary alicyclic amines) is 1. The SMILES string of the molecule is CCCC(=O)N1CCC2(C)C3CCC4(C)C(c5cncc(CC)c5)=CC[C@H]4C3CCC12. The number of rotatable bonds is 4. The molecule has 1 aliphatic heterocycles. The summed E-state index contributed by atoms with van der Waals surface area (Å²) in [7, 11) is 0. The molecule has 3 aliphatic carbocycles. The zero-order chi connectivity index (χ0) is 21.8. The summed E-state index contributed by atoms with van der Waals surface area (Å²) in [4.78, 5) is 19.7. The first kappa shape index (κ1) is 21.2. The second-order valence-corrected chi connectivity index (χ2v) is 11.3. The minimum Gasteiger partial charge on any atom is -0.339 e. The Labute approximate surface area is 188 Å². The van der Waals surface area contributed by atoms with Gasteiger partial charge in [-0.3, -0.25) is 9.78 Å². The molecule has 0 aromatic carbocycles. The van der Waals surface area contributed by atoms with Crippen LogP contribution in [0.1, 0.15) is 90.2 Å². The van der Waals surface area contributed by atoms with Crippen LogP contribution in [0, 0.1) is 28.6 Å². The van der Waals surface area contributed by atoms with Crippen molar-refractivity contribution in [3.05, 3.63) is 35.7 Å². The molecule has 2 heterocycles. The van der Waals surface area contributed by atoms with E-state index in [4.69, 9.17) is 0 Å². The van der Waals surface area contributed by atoms with E-state index >= 15 is 0 Å². The highest BCUT2D eigenvalue weighted by Gasteiger charge is 2.60. The first-order chi connectivity index (χ1) is 14.9. The van der Waals surface area contributed by atoms with Crippen LogP contribution in [0.15, 0.2) is 24.5 Å². The highest BCUT2D eigenvalue weighted by Crippen LogP contribution is 2.66. The molecule has 5 rings (SSSR count). The first-order valence-corrected chi connectivity index (χ1v) is 12.9. The first-order valence-electron chi connectivity index (χ1n) is 12.9. The number of nitrogens with zero attached hydrogens (tertiary/aromatic N) is 2. The molecule has 0 radical (unpaired) electrons. The van der Waals surface area contributed by atoms with Gasteiger partial charge >= 0.3 is 0 Å². The zero-order valence-electron chi connectivity index (χ0n) is 20.0. The zero-order valence-corrected chi connectivity index (χ0v) is 20.0. The molecule has 0 N–H and O–H groups in total. The van der Waals surface area contributed by atoms with Crippen molar-refractivity contribution in [1.82, 2.24) is 9.88 Å². The molecule has 1 amide bonds. The lowest BCUT2D eigenvalue weighted by Crippen LogP contribution is -2.54. The van der Waals surface area contributed by atoms with Crippen LogP contribution in [-0.2, 0) is 11.2 Å². The minimum atomic E-state index is 0.286. The summed E-state index contributed by atoms with van der Waals surface area (Å²) >= 11 is 0. The topological polar surface area (TPSA) is 33.2 Å². The van der Waals surface area contributed by atoms with E-state index in [1.54, 1.807) is 5.57 Å². The number of aromatic nitrogens is 1. The molecular weight excluding hydrogens is 380 g/mol. The Kier molecular flexibility index (Phi) is 5.30. The summed E-state index contributed by atoms with van der Waals surface area (Å²) in [5.74, 6) is 2.74. The van der Waals surface area contributed by atoms with Gasteiger partial charge in [0.25, 0.3) is 0 Å². The van der Waals surface area contributed by atoms with Crippen molar-refractivity contribution in [2.24, 2.45) is 28.6 Å². The van der Waals surface area contributed by atoms with Crippen molar-refractivity contribution in [3.63, 3.8) is 0 Å². The normalized spacial score (nSPS) is 39.0. The Morgan fingerprint density at radius 3 is 2.74 bits per heavy atom. The van der Waals surface area contributed by atoms with Crippen molar-refractivity contribution in [3.8, 4) is 0 Å². The number of amides is 1. The van der Waals surface area contributed by atoms with Crippen molar-refractivity contribution >= 4 is 11.5 Å². The molecule has 5 unspecified atom stereocenters. The van der Waals surface area contributed by atoms with Crippen LogP contribution >= 0.6 is 0 Å². The number of allylic oxidation sites excluding steroid dienone is 2. The average molecular weight is 421 g/mol. The van der Waals surface area contributed by atoms with Gasteiger partial charge < -0.3 is 4.90 Å². The third-order valence-electron chi connectivity index (χ3n) is 9.97. The number of carbonyl (C=O) groups is 1. The smallest absolute Gasteiger partial charge is 0.222 e. The van der Waals surface area contributed by atoms with Crippen LogP contribution in [0.3, 0.4) is 0 Å². The van der Waals surface area contributed by atoms with Gasteiger partial charge in [-0.2, -0.15) is 0 Å². The molecule has 0 spiro atoms. The summed E-state index contributed by atoms with van der Waals surface area (Å²) in [6.45, 7) is 10.4. The van der Waals surface area contributed by atoms with E-state index in [2.05, 4.69) is 55.9 Å². The molecule has 1 aromatic rings. The van der Waals surface area contributed by atoms with Crippen LogP contribution in [0.25, 0.3) is 5.57 Å². The van der Waals surface area contributed by atoms with Crippen molar-refractivity contribution in [2.75, 3.05) is 6.54 Å².